The Labute approximate surface area is 196 Å². The Balaban J connectivity index is 1.56. The van der Waals surface area contributed by atoms with Crippen molar-refractivity contribution in [3.05, 3.63) is 71.1 Å². The van der Waals surface area contributed by atoms with Crippen LogP contribution in [0.25, 0.3) is 11.3 Å². The first kappa shape index (κ1) is 22.4. The van der Waals surface area contributed by atoms with E-state index >= 15 is 0 Å². The van der Waals surface area contributed by atoms with Crippen LogP contribution >= 0.6 is 0 Å². The number of nitrogens with zero attached hydrogens (tertiary/aromatic N) is 4. The maximum Gasteiger partial charge on any atom is 0.272 e. The highest BCUT2D eigenvalue weighted by Crippen LogP contribution is 2.67. The third-order valence-electron chi connectivity index (χ3n) is 7.92. The molecule has 1 fully saturated rings. The number of pyridine rings is 1. The Bertz CT molecular complexity index is 1280. The van der Waals surface area contributed by atoms with E-state index in [1.807, 2.05) is 6.92 Å². The number of hydrogen-bond donors (Lipinski definition) is 1. The molecule has 2 bridgehead atoms. The zero-order valence-corrected chi connectivity index (χ0v) is 19.3. The van der Waals surface area contributed by atoms with E-state index in [1.54, 1.807) is 23.1 Å². The van der Waals surface area contributed by atoms with E-state index in [1.165, 1.54) is 24.3 Å². The van der Waals surface area contributed by atoms with E-state index in [4.69, 9.17) is 0 Å². The molecule has 0 aliphatic heterocycles. The molecule has 0 radical (unpaired) electrons. The maximum absolute atomic E-state index is 14.4. The lowest BCUT2D eigenvalue weighted by Gasteiger charge is -2.41. The fourth-order valence-corrected chi connectivity index (χ4v) is 6.00. The molecule has 0 spiro atoms. The van der Waals surface area contributed by atoms with Gasteiger partial charge in [0.2, 0.25) is 5.88 Å². The largest absolute Gasteiger partial charge is 0.493 e. The summed E-state index contributed by atoms with van der Waals surface area (Å²) < 4.78 is 28.8. The van der Waals surface area contributed by atoms with Crippen molar-refractivity contribution < 1.29 is 18.7 Å². The molecule has 2 aromatic heterocycles. The Hall–Kier alpha value is -3.42. The third kappa shape index (κ3) is 3.11. The number of rotatable bonds is 5. The second kappa shape index (κ2) is 7.82. The summed E-state index contributed by atoms with van der Waals surface area (Å²) >= 11 is 0. The second-order valence-corrected chi connectivity index (χ2v) is 9.73. The van der Waals surface area contributed by atoms with Gasteiger partial charge in [0.25, 0.3) is 5.91 Å². The molecule has 2 aliphatic rings. The maximum atomic E-state index is 14.4. The van der Waals surface area contributed by atoms with Gasteiger partial charge in [0.05, 0.1) is 17.0 Å². The lowest BCUT2D eigenvalue weighted by Crippen LogP contribution is -2.48. The van der Waals surface area contributed by atoms with E-state index in [-0.39, 0.29) is 40.1 Å². The van der Waals surface area contributed by atoms with Gasteiger partial charge in [0, 0.05) is 24.6 Å². The van der Waals surface area contributed by atoms with E-state index in [0.29, 0.717) is 13.1 Å². The number of aromatic hydroxyl groups is 1. The summed E-state index contributed by atoms with van der Waals surface area (Å²) in [7, 11) is 0. The summed E-state index contributed by atoms with van der Waals surface area (Å²) in [4.78, 5) is 19.0. The minimum absolute atomic E-state index is 0.138. The van der Waals surface area contributed by atoms with Crippen molar-refractivity contribution in [1.29, 1.82) is 0 Å². The minimum atomic E-state index is -0.673. The average molecular weight is 465 g/mol. The van der Waals surface area contributed by atoms with Gasteiger partial charge in [-0.15, -0.1) is 0 Å². The summed E-state index contributed by atoms with van der Waals surface area (Å²) in [6.07, 6.45) is 1.72. The summed E-state index contributed by atoms with van der Waals surface area (Å²) in [5, 5.41) is 18.5. The molecule has 1 saturated carbocycles. The first-order valence-electron chi connectivity index (χ1n) is 11.5. The normalized spacial score (nSPS) is 22.0. The predicted octanol–water partition coefficient (Wildman–Crippen LogP) is 4.84. The van der Waals surface area contributed by atoms with E-state index in [0.717, 1.165) is 24.1 Å². The quantitative estimate of drug-likeness (QED) is 0.585. The van der Waals surface area contributed by atoms with E-state index in [2.05, 4.69) is 29.0 Å². The molecule has 2 aliphatic carbocycles. The Morgan fingerprint density at radius 3 is 2.53 bits per heavy atom. The molecule has 1 N–H and O–H groups in total. The number of benzene rings is 1. The molecule has 8 heteroatoms. The molecule has 176 valence electrons. The predicted molar refractivity (Wildman–Crippen MR) is 122 cm³/mol. The van der Waals surface area contributed by atoms with Crippen molar-refractivity contribution in [2.45, 2.75) is 44.9 Å². The number of aromatic nitrogens is 3. The monoisotopic (exact) mass is 464 g/mol. The van der Waals surface area contributed by atoms with Crippen LogP contribution in [0.3, 0.4) is 0 Å². The fraction of sp³-hybridized carbons (Fsp3) is 0.385. The number of likely N-dealkylation sites (N-methyl/N-ethyl adjacent to an activating group) is 1. The highest BCUT2D eigenvalue weighted by Gasteiger charge is 2.64. The van der Waals surface area contributed by atoms with Crippen LogP contribution < -0.4 is 0 Å². The van der Waals surface area contributed by atoms with Crippen molar-refractivity contribution in [2.75, 3.05) is 13.1 Å². The number of carbonyl (C=O) groups excluding carboxylic acids is 1. The highest BCUT2D eigenvalue weighted by molar-refractivity contribution is 5.92. The molecule has 2 atom stereocenters. The molecule has 5 rings (SSSR count). The average Bonchev–Trinajstić information content (AvgIpc) is 3.16. The molecule has 0 saturated heterocycles. The molecule has 1 aromatic carbocycles. The summed E-state index contributed by atoms with van der Waals surface area (Å²) in [6.45, 7) is 7.11. The van der Waals surface area contributed by atoms with Crippen molar-refractivity contribution in [1.82, 2.24) is 20.1 Å². The van der Waals surface area contributed by atoms with Gasteiger partial charge in [-0.3, -0.25) is 4.79 Å². The van der Waals surface area contributed by atoms with Gasteiger partial charge in [-0.25, -0.2) is 13.8 Å². The van der Waals surface area contributed by atoms with Crippen LogP contribution in [0.2, 0.25) is 0 Å². The molecule has 34 heavy (non-hydrogen) atoms. The number of fused-ring (bicyclic) bond motifs is 5. The van der Waals surface area contributed by atoms with Crippen molar-refractivity contribution in [3.63, 3.8) is 0 Å². The first-order chi connectivity index (χ1) is 16.2. The Kier molecular flexibility index (Phi) is 5.15. The van der Waals surface area contributed by atoms with E-state index in [9.17, 15) is 18.7 Å². The van der Waals surface area contributed by atoms with Crippen LogP contribution in [-0.2, 0) is 5.41 Å². The van der Waals surface area contributed by atoms with Crippen molar-refractivity contribution in [3.8, 4) is 17.1 Å². The molecular weight excluding hydrogens is 438 g/mol. The number of hydrogen-bond acceptors (Lipinski definition) is 5. The third-order valence-corrected chi connectivity index (χ3v) is 7.92. The lowest BCUT2D eigenvalue weighted by atomic mass is 9.68. The molecule has 0 unspecified atom stereocenters. The SMILES string of the molecule is CCN(C[C@@]12CC[C@@H](c3cc(-c4c(F)cccc4F)nnc31)C2(C)C)C(=O)c1cccc(O)n1. The Morgan fingerprint density at radius 2 is 1.85 bits per heavy atom. The van der Waals surface area contributed by atoms with Crippen LogP contribution in [0.1, 0.15) is 61.3 Å². The number of amides is 1. The zero-order chi connectivity index (χ0) is 24.3. The van der Waals surface area contributed by atoms with Gasteiger partial charge in [-0.1, -0.05) is 26.0 Å². The number of carbonyl (C=O) groups is 1. The van der Waals surface area contributed by atoms with Crippen LogP contribution in [0.15, 0.2) is 42.5 Å². The zero-order valence-electron chi connectivity index (χ0n) is 19.3. The van der Waals surface area contributed by atoms with Crippen molar-refractivity contribution in [2.24, 2.45) is 5.41 Å². The summed E-state index contributed by atoms with van der Waals surface area (Å²) in [5.74, 6) is -1.68. The van der Waals surface area contributed by atoms with Crippen molar-refractivity contribution >= 4 is 5.91 Å². The summed E-state index contributed by atoms with van der Waals surface area (Å²) in [6, 6.07) is 10.1. The molecule has 6 nitrogen and oxygen atoms in total. The molecular formula is C26H26F2N4O2. The van der Waals surface area contributed by atoms with Gasteiger partial charge in [0.1, 0.15) is 17.3 Å². The minimum Gasteiger partial charge on any atom is -0.493 e. The van der Waals surface area contributed by atoms with Gasteiger partial charge < -0.3 is 10.0 Å². The van der Waals surface area contributed by atoms with Crippen LogP contribution in [0.4, 0.5) is 8.78 Å². The molecule has 3 aromatic rings. The van der Waals surface area contributed by atoms with Gasteiger partial charge >= 0.3 is 0 Å². The standard InChI is InChI=1S/C26H26F2N4O2/c1-4-32(24(34)19-9-6-10-21(33)29-19)14-26-12-11-16(25(26,2)3)15-13-20(30-31-23(15)26)22-17(27)7-5-8-18(22)28/h5-10,13,16H,4,11-12,14H2,1-3H3,(H,29,33)/t16-,26-/m0/s1. The second-order valence-electron chi connectivity index (χ2n) is 9.73. The molecule has 2 heterocycles. The van der Waals surface area contributed by atoms with Crippen LogP contribution in [-0.4, -0.2) is 44.2 Å². The van der Waals surface area contributed by atoms with Gasteiger partial charge in [-0.05, 0) is 60.9 Å². The molecule has 1 amide bonds. The fourth-order valence-electron chi connectivity index (χ4n) is 6.00. The summed E-state index contributed by atoms with van der Waals surface area (Å²) in [5.41, 5.74) is 1.24. The topological polar surface area (TPSA) is 79.2 Å². The van der Waals surface area contributed by atoms with Gasteiger partial charge in [0.15, 0.2) is 0 Å². The first-order valence-corrected chi connectivity index (χ1v) is 11.5. The van der Waals surface area contributed by atoms with E-state index < -0.39 is 17.0 Å². The Morgan fingerprint density at radius 1 is 1.15 bits per heavy atom. The van der Waals surface area contributed by atoms with Crippen LogP contribution in [0, 0.1) is 17.0 Å². The smallest absolute Gasteiger partial charge is 0.272 e. The number of halogens is 2. The highest BCUT2D eigenvalue weighted by atomic mass is 19.1. The van der Waals surface area contributed by atoms with Crippen LogP contribution in [0.5, 0.6) is 5.88 Å². The van der Waals surface area contributed by atoms with Gasteiger partial charge in [-0.2, -0.15) is 10.2 Å². The lowest BCUT2D eigenvalue weighted by molar-refractivity contribution is 0.0646.